The fraction of sp³-hybridized carbons (Fsp3) is 0.333. The molecule has 4 rings (SSSR count). The Morgan fingerprint density at radius 1 is 0.727 bits per heavy atom. The van der Waals surface area contributed by atoms with Gasteiger partial charge in [-0.3, -0.25) is 9.90 Å². The summed E-state index contributed by atoms with van der Waals surface area (Å²) in [6, 6.07) is 30.0. The van der Waals surface area contributed by atoms with Crippen LogP contribution in [-0.4, -0.2) is 45.4 Å². The summed E-state index contributed by atoms with van der Waals surface area (Å²) in [5.41, 5.74) is 3.12. The summed E-state index contributed by atoms with van der Waals surface area (Å²) in [5, 5.41) is 1.73. The Labute approximate surface area is 195 Å². The van der Waals surface area contributed by atoms with E-state index in [2.05, 4.69) is 0 Å². The molecular weight excluding hydrogens is 418 g/mol. The van der Waals surface area contributed by atoms with Crippen molar-refractivity contribution in [3.8, 4) is 0 Å². The van der Waals surface area contributed by atoms with E-state index in [0.717, 1.165) is 16.8 Å². The zero-order valence-electron chi connectivity index (χ0n) is 19.1. The highest BCUT2D eigenvalue weighted by Crippen LogP contribution is 2.29. The number of nitrogens with zero attached hydrogens (tertiary/aromatic N) is 1. The van der Waals surface area contributed by atoms with Gasteiger partial charge >= 0.3 is 0 Å². The molecule has 1 aliphatic rings. The van der Waals surface area contributed by atoms with Gasteiger partial charge in [0.2, 0.25) is 0 Å². The average molecular weight is 450 g/mol. The fourth-order valence-corrected chi connectivity index (χ4v) is 3.82. The van der Waals surface area contributed by atoms with Crippen LogP contribution in [0.4, 0.5) is 5.69 Å². The first kappa shape index (κ1) is 23.4. The van der Waals surface area contributed by atoms with E-state index in [1.807, 2.05) is 98.0 Å². The zero-order valence-corrected chi connectivity index (χ0v) is 19.1. The zero-order chi connectivity index (χ0) is 22.9. The lowest BCUT2D eigenvalue weighted by atomic mass is 10.1. The van der Waals surface area contributed by atoms with Crippen molar-refractivity contribution >= 4 is 5.69 Å². The summed E-state index contributed by atoms with van der Waals surface area (Å²) in [6.07, 6.45) is -1.66. The van der Waals surface area contributed by atoms with Gasteiger partial charge in [0.1, 0.15) is 24.9 Å². The van der Waals surface area contributed by atoms with Crippen LogP contribution in [0.2, 0.25) is 0 Å². The van der Waals surface area contributed by atoms with Crippen molar-refractivity contribution in [3.05, 3.63) is 102 Å². The van der Waals surface area contributed by atoms with Crippen molar-refractivity contribution in [2.24, 2.45) is 0 Å². The Balaban J connectivity index is 1.45. The molecule has 4 atom stereocenters. The van der Waals surface area contributed by atoms with E-state index in [4.69, 9.17) is 23.8 Å². The van der Waals surface area contributed by atoms with E-state index in [1.165, 1.54) is 0 Å². The van der Waals surface area contributed by atoms with Gasteiger partial charge in [-0.25, -0.2) is 0 Å². The first-order valence-electron chi connectivity index (χ1n) is 11.2. The molecule has 0 aromatic heterocycles. The predicted molar refractivity (Wildman–Crippen MR) is 127 cm³/mol. The van der Waals surface area contributed by atoms with Gasteiger partial charge in [0.05, 0.1) is 18.9 Å². The SMILES string of the molecule is CO[C@@H]1O[C@H](CON(C)c2ccccc2)C(OCc2ccccc2)[C@@H]1OCc1ccccc1. The summed E-state index contributed by atoms with van der Waals surface area (Å²) >= 11 is 0. The highest BCUT2D eigenvalue weighted by Gasteiger charge is 2.47. The third-order valence-corrected chi connectivity index (χ3v) is 5.62. The molecule has 1 heterocycles. The lowest BCUT2D eigenvalue weighted by molar-refractivity contribution is -0.170. The van der Waals surface area contributed by atoms with Gasteiger partial charge < -0.3 is 18.9 Å². The van der Waals surface area contributed by atoms with Crippen LogP contribution in [0.3, 0.4) is 0 Å². The molecule has 0 N–H and O–H groups in total. The van der Waals surface area contributed by atoms with Crippen LogP contribution < -0.4 is 5.06 Å². The number of rotatable bonds is 11. The summed E-state index contributed by atoms with van der Waals surface area (Å²) < 4.78 is 24.4. The van der Waals surface area contributed by atoms with Crippen molar-refractivity contribution in [2.45, 2.75) is 37.8 Å². The van der Waals surface area contributed by atoms with E-state index in [1.54, 1.807) is 12.2 Å². The summed E-state index contributed by atoms with van der Waals surface area (Å²) in [7, 11) is 3.50. The van der Waals surface area contributed by atoms with Crippen LogP contribution in [-0.2, 0) is 37.0 Å². The Morgan fingerprint density at radius 3 is 1.79 bits per heavy atom. The molecule has 0 bridgehead atoms. The fourth-order valence-electron chi connectivity index (χ4n) is 3.82. The molecule has 0 aliphatic carbocycles. The van der Waals surface area contributed by atoms with Gasteiger partial charge in [-0.1, -0.05) is 78.9 Å². The van der Waals surface area contributed by atoms with Crippen LogP contribution in [0, 0.1) is 0 Å². The lowest BCUT2D eigenvalue weighted by Gasteiger charge is -2.26. The molecular formula is C27H31NO5. The molecule has 3 aromatic carbocycles. The second-order valence-electron chi connectivity index (χ2n) is 7.93. The standard InChI is InChI=1S/C27H31NO5/c1-28(23-16-10-5-11-17-23)32-20-24-25(30-18-21-12-6-3-7-13-21)26(27(29-2)33-24)31-19-22-14-8-4-9-15-22/h3-17,24-27H,18-20H2,1-2H3/t24-,25?,26+,27-/m1/s1. The van der Waals surface area contributed by atoms with Crippen molar-refractivity contribution in [3.63, 3.8) is 0 Å². The monoisotopic (exact) mass is 449 g/mol. The first-order valence-corrected chi connectivity index (χ1v) is 11.2. The van der Waals surface area contributed by atoms with Crippen molar-refractivity contribution < 1.29 is 23.8 Å². The quantitative estimate of drug-likeness (QED) is 0.399. The van der Waals surface area contributed by atoms with Crippen LogP contribution in [0.25, 0.3) is 0 Å². The largest absolute Gasteiger partial charge is 0.368 e. The number of hydrogen-bond acceptors (Lipinski definition) is 6. The normalized spacial score (nSPS) is 22.4. The van der Waals surface area contributed by atoms with E-state index in [-0.39, 0.29) is 12.2 Å². The molecule has 1 fully saturated rings. The number of hydrogen-bond donors (Lipinski definition) is 0. The summed E-state index contributed by atoms with van der Waals surface area (Å²) in [5.74, 6) is 0. The van der Waals surface area contributed by atoms with Gasteiger partial charge in [0, 0.05) is 14.2 Å². The molecule has 1 aliphatic heterocycles. The molecule has 0 spiro atoms. The van der Waals surface area contributed by atoms with Crippen LogP contribution in [0.5, 0.6) is 0 Å². The predicted octanol–water partition coefficient (Wildman–Crippen LogP) is 4.60. The molecule has 0 radical (unpaired) electrons. The average Bonchev–Trinajstić information content (AvgIpc) is 3.22. The minimum atomic E-state index is -0.551. The minimum absolute atomic E-state index is 0.301. The maximum Gasteiger partial charge on any atom is 0.186 e. The van der Waals surface area contributed by atoms with E-state index >= 15 is 0 Å². The van der Waals surface area contributed by atoms with E-state index in [0.29, 0.717) is 19.8 Å². The van der Waals surface area contributed by atoms with E-state index < -0.39 is 12.4 Å². The molecule has 1 saturated heterocycles. The lowest BCUT2D eigenvalue weighted by Crippen LogP contribution is -2.40. The number of methoxy groups -OCH3 is 1. The van der Waals surface area contributed by atoms with Gasteiger partial charge in [-0.15, -0.1) is 0 Å². The maximum atomic E-state index is 6.34. The molecule has 3 aromatic rings. The molecule has 0 amide bonds. The molecule has 1 unspecified atom stereocenters. The Morgan fingerprint density at radius 2 is 1.24 bits per heavy atom. The molecule has 6 heteroatoms. The minimum Gasteiger partial charge on any atom is -0.368 e. The number of para-hydroxylation sites is 1. The number of benzene rings is 3. The van der Waals surface area contributed by atoms with Crippen LogP contribution >= 0.6 is 0 Å². The van der Waals surface area contributed by atoms with Gasteiger partial charge in [-0.05, 0) is 23.3 Å². The van der Waals surface area contributed by atoms with Crippen LogP contribution in [0.1, 0.15) is 11.1 Å². The van der Waals surface area contributed by atoms with Crippen LogP contribution in [0.15, 0.2) is 91.0 Å². The topological polar surface area (TPSA) is 49.4 Å². The summed E-state index contributed by atoms with van der Waals surface area (Å²) in [4.78, 5) is 6.02. The number of hydroxylamine groups is 1. The smallest absolute Gasteiger partial charge is 0.186 e. The van der Waals surface area contributed by atoms with Crippen molar-refractivity contribution in [1.82, 2.24) is 0 Å². The van der Waals surface area contributed by atoms with E-state index in [9.17, 15) is 0 Å². The third-order valence-electron chi connectivity index (χ3n) is 5.62. The maximum absolute atomic E-state index is 6.34. The van der Waals surface area contributed by atoms with Crippen molar-refractivity contribution in [2.75, 3.05) is 25.8 Å². The highest BCUT2D eigenvalue weighted by atomic mass is 16.7. The third kappa shape index (κ3) is 6.41. The van der Waals surface area contributed by atoms with Gasteiger partial charge in [0.15, 0.2) is 6.29 Å². The Bertz CT molecular complexity index is 941. The Kier molecular flexibility index (Phi) is 8.47. The number of ether oxygens (including phenoxy) is 4. The molecule has 33 heavy (non-hydrogen) atoms. The summed E-state index contributed by atoms with van der Waals surface area (Å²) in [6.45, 7) is 1.19. The van der Waals surface area contributed by atoms with Gasteiger partial charge in [0.25, 0.3) is 0 Å². The first-order chi connectivity index (χ1) is 16.2. The molecule has 6 nitrogen and oxygen atoms in total. The second-order valence-corrected chi connectivity index (χ2v) is 7.93. The molecule has 0 saturated carbocycles. The molecule has 174 valence electrons. The van der Waals surface area contributed by atoms with Gasteiger partial charge in [-0.2, -0.15) is 0 Å². The second kappa shape index (κ2) is 11.9. The number of anilines is 1. The Hall–Kier alpha value is -2.74. The highest BCUT2D eigenvalue weighted by molar-refractivity contribution is 5.42. The van der Waals surface area contributed by atoms with Crippen molar-refractivity contribution in [1.29, 1.82) is 0 Å².